The SMILES string of the molecule is N[C@@H](C(=O)N1C[C@H]2C[C@@H](C1)[C@H](CO)N1CCCC[C@@H]21)c1ccccc1. The van der Waals surface area contributed by atoms with Crippen LogP contribution in [0, 0.1) is 11.8 Å². The van der Waals surface area contributed by atoms with Crippen LogP contribution >= 0.6 is 0 Å². The summed E-state index contributed by atoms with van der Waals surface area (Å²) in [5, 5.41) is 9.98. The molecule has 0 aliphatic carbocycles. The normalized spacial score (nSPS) is 33.6. The van der Waals surface area contributed by atoms with Gasteiger partial charge in [-0.3, -0.25) is 9.69 Å². The second-order valence-corrected chi connectivity index (χ2v) is 7.94. The van der Waals surface area contributed by atoms with E-state index in [1.165, 1.54) is 19.3 Å². The van der Waals surface area contributed by atoms with Gasteiger partial charge in [0.25, 0.3) is 0 Å². The number of nitrogens with zero attached hydrogens (tertiary/aromatic N) is 2. The van der Waals surface area contributed by atoms with E-state index < -0.39 is 6.04 Å². The molecule has 3 N–H and O–H groups in total. The summed E-state index contributed by atoms with van der Waals surface area (Å²) in [7, 11) is 0. The summed E-state index contributed by atoms with van der Waals surface area (Å²) in [4.78, 5) is 17.5. The number of carbonyl (C=O) groups is 1. The maximum absolute atomic E-state index is 13.0. The van der Waals surface area contributed by atoms with Gasteiger partial charge in [0, 0.05) is 25.2 Å². The highest BCUT2D eigenvalue weighted by molar-refractivity contribution is 5.83. The number of aliphatic hydroxyl groups is 1. The van der Waals surface area contributed by atoms with Gasteiger partial charge in [0.05, 0.1) is 6.61 Å². The molecule has 3 fully saturated rings. The zero-order valence-corrected chi connectivity index (χ0v) is 14.8. The Morgan fingerprint density at radius 2 is 1.96 bits per heavy atom. The van der Waals surface area contributed by atoms with E-state index in [1.807, 2.05) is 35.2 Å². The average molecular weight is 343 g/mol. The Labute approximate surface area is 149 Å². The van der Waals surface area contributed by atoms with E-state index >= 15 is 0 Å². The number of piperidine rings is 3. The molecule has 136 valence electrons. The lowest BCUT2D eigenvalue weighted by Crippen LogP contribution is -2.65. The third-order valence-corrected chi connectivity index (χ3v) is 6.55. The molecule has 0 saturated carbocycles. The monoisotopic (exact) mass is 343 g/mol. The molecule has 3 saturated heterocycles. The number of likely N-dealkylation sites (tertiary alicyclic amines) is 1. The first-order valence-corrected chi connectivity index (χ1v) is 9.65. The average Bonchev–Trinajstić information content (AvgIpc) is 2.68. The summed E-state index contributed by atoms with van der Waals surface area (Å²) < 4.78 is 0. The highest BCUT2D eigenvalue weighted by Crippen LogP contribution is 2.41. The van der Waals surface area contributed by atoms with Gasteiger partial charge in [-0.15, -0.1) is 0 Å². The summed E-state index contributed by atoms with van der Waals surface area (Å²) in [6, 6.07) is 9.77. The van der Waals surface area contributed by atoms with Gasteiger partial charge in [-0.1, -0.05) is 36.8 Å². The summed E-state index contributed by atoms with van der Waals surface area (Å²) in [5.74, 6) is 0.917. The first-order chi connectivity index (χ1) is 12.2. The van der Waals surface area contributed by atoms with Crippen LogP contribution in [-0.2, 0) is 4.79 Å². The van der Waals surface area contributed by atoms with Crippen LogP contribution in [0.2, 0.25) is 0 Å². The van der Waals surface area contributed by atoms with Crippen LogP contribution < -0.4 is 5.73 Å². The molecule has 0 spiro atoms. The largest absolute Gasteiger partial charge is 0.395 e. The molecule has 3 heterocycles. The fraction of sp³-hybridized carbons (Fsp3) is 0.650. The van der Waals surface area contributed by atoms with Crippen molar-refractivity contribution in [2.45, 2.75) is 43.8 Å². The van der Waals surface area contributed by atoms with Gasteiger partial charge in [0.2, 0.25) is 5.91 Å². The standard InChI is InChI=1S/C20H29N3O2/c21-19(14-6-2-1-3-7-14)20(25)22-11-15-10-16(12-22)18(13-24)23-9-5-4-8-17(15)23/h1-3,6-7,15-19,24H,4-5,8-13,21H2/t15-,16+,17+,18+,19-/m1/s1. The molecular weight excluding hydrogens is 314 g/mol. The Kier molecular flexibility index (Phi) is 4.80. The van der Waals surface area contributed by atoms with E-state index in [1.54, 1.807) is 0 Å². The van der Waals surface area contributed by atoms with Crippen LogP contribution in [0.15, 0.2) is 30.3 Å². The Bertz CT molecular complexity index is 594. The lowest BCUT2D eigenvalue weighted by Gasteiger charge is -2.56. The minimum Gasteiger partial charge on any atom is -0.395 e. The first kappa shape index (κ1) is 17.0. The van der Waals surface area contributed by atoms with Crippen molar-refractivity contribution in [1.82, 2.24) is 9.80 Å². The smallest absolute Gasteiger partial charge is 0.244 e. The Morgan fingerprint density at radius 3 is 2.72 bits per heavy atom. The molecular formula is C20H29N3O2. The number of nitrogens with two attached hydrogens (primary N) is 1. The Morgan fingerprint density at radius 1 is 1.20 bits per heavy atom. The molecule has 25 heavy (non-hydrogen) atoms. The van der Waals surface area contributed by atoms with Crippen LogP contribution in [-0.4, -0.2) is 59.1 Å². The fourth-order valence-corrected chi connectivity index (χ4v) is 5.34. The highest BCUT2D eigenvalue weighted by atomic mass is 16.3. The molecule has 1 amide bonds. The molecule has 2 bridgehead atoms. The van der Waals surface area contributed by atoms with Crippen molar-refractivity contribution in [3.8, 4) is 0 Å². The maximum atomic E-state index is 13.0. The van der Waals surface area contributed by atoms with E-state index in [9.17, 15) is 9.90 Å². The van der Waals surface area contributed by atoms with Gasteiger partial charge in [-0.2, -0.15) is 0 Å². The van der Waals surface area contributed by atoms with Gasteiger partial charge in [0.15, 0.2) is 0 Å². The Balaban J connectivity index is 1.52. The van der Waals surface area contributed by atoms with E-state index in [4.69, 9.17) is 5.73 Å². The predicted molar refractivity (Wildman–Crippen MR) is 96.8 cm³/mol. The number of hydrogen-bond donors (Lipinski definition) is 2. The molecule has 1 aromatic carbocycles. The molecule has 0 aromatic heterocycles. The zero-order valence-electron chi connectivity index (χ0n) is 14.8. The maximum Gasteiger partial charge on any atom is 0.244 e. The van der Waals surface area contributed by atoms with Gasteiger partial charge >= 0.3 is 0 Å². The minimum absolute atomic E-state index is 0.0295. The number of fused-ring (bicyclic) bond motifs is 4. The van der Waals surface area contributed by atoms with Crippen molar-refractivity contribution in [2.75, 3.05) is 26.2 Å². The van der Waals surface area contributed by atoms with Gasteiger partial charge in [-0.25, -0.2) is 0 Å². The molecule has 3 aliphatic heterocycles. The predicted octanol–water partition coefficient (Wildman–Crippen LogP) is 1.38. The molecule has 5 atom stereocenters. The van der Waals surface area contributed by atoms with Crippen molar-refractivity contribution in [3.05, 3.63) is 35.9 Å². The fourth-order valence-electron chi connectivity index (χ4n) is 5.34. The molecule has 5 heteroatoms. The van der Waals surface area contributed by atoms with Crippen LogP contribution in [0.3, 0.4) is 0 Å². The van der Waals surface area contributed by atoms with Crippen LogP contribution in [0.4, 0.5) is 0 Å². The van der Waals surface area contributed by atoms with Crippen LogP contribution in [0.25, 0.3) is 0 Å². The quantitative estimate of drug-likeness (QED) is 0.870. The minimum atomic E-state index is -0.588. The first-order valence-electron chi connectivity index (χ1n) is 9.65. The highest BCUT2D eigenvalue weighted by Gasteiger charge is 2.48. The number of hydrogen-bond acceptors (Lipinski definition) is 4. The van der Waals surface area contributed by atoms with Gasteiger partial charge < -0.3 is 15.7 Å². The van der Waals surface area contributed by atoms with Gasteiger partial charge in [-0.05, 0) is 43.2 Å². The van der Waals surface area contributed by atoms with E-state index in [0.29, 0.717) is 17.9 Å². The molecule has 0 radical (unpaired) electrons. The molecule has 3 aliphatic rings. The number of aliphatic hydroxyl groups excluding tert-OH is 1. The van der Waals surface area contributed by atoms with Crippen molar-refractivity contribution in [3.63, 3.8) is 0 Å². The summed E-state index contributed by atoms with van der Waals surface area (Å²) in [6.45, 7) is 2.83. The van der Waals surface area contributed by atoms with Crippen LogP contribution in [0.5, 0.6) is 0 Å². The van der Waals surface area contributed by atoms with Crippen molar-refractivity contribution >= 4 is 5.91 Å². The van der Waals surface area contributed by atoms with Crippen molar-refractivity contribution < 1.29 is 9.90 Å². The van der Waals surface area contributed by atoms with Crippen LogP contribution in [0.1, 0.15) is 37.3 Å². The molecule has 0 unspecified atom stereocenters. The topological polar surface area (TPSA) is 69.8 Å². The van der Waals surface area contributed by atoms with Crippen molar-refractivity contribution in [1.29, 1.82) is 0 Å². The van der Waals surface area contributed by atoms with E-state index in [0.717, 1.165) is 31.6 Å². The van der Waals surface area contributed by atoms with Crippen molar-refractivity contribution in [2.24, 2.45) is 17.6 Å². The molecule has 5 nitrogen and oxygen atoms in total. The summed E-state index contributed by atoms with van der Waals surface area (Å²) in [6.07, 6.45) is 4.82. The lowest BCUT2D eigenvalue weighted by molar-refractivity contribution is -0.143. The zero-order chi connectivity index (χ0) is 17.4. The summed E-state index contributed by atoms with van der Waals surface area (Å²) >= 11 is 0. The number of amides is 1. The third-order valence-electron chi connectivity index (χ3n) is 6.55. The van der Waals surface area contributed by atoms with E-state index in [2.05, 4.69) is 4.90 Å². The number of rotatable bonds is 3. The van der Waals surface area contributed by atoms with Gasteiger partial charge in [0.1, 0.15) is 6.04 Å². The Hall–Kier alpha value is -1.43. The van der Waals surface area contributed by atoms with E-state index in [-0.39, 0.29) is 18.6 Å². The molecule has 1 aromatic rings. The number of benzene rings is 1. The second-order valence-electron chi connectivity index (χ2n) is 7.94. The second kappa shape index (κ2) is 7.06. The number of carbonyl (C=O) groups excluding carboxylic acids is 1. The third kappa shape index (κ3) is 3.09. The molecule has 4 rings (SSSR count). The lowest BCUT2D eigenvalue weighted by atomic mass is 9.72. The summed E-state index contributed by atoms with van der Waals surface area (Å²) in [5.41, 5.74) is 7.14.